The molecule has 1 aliphatic rings. The average Bonchev–Trinajstić information content (AvgIpc) is 2.42. The van der Waals surface area contributed by atoms with Crippen molar-refractivity contribution in [2.75, 3.05) is 20.8 Å². The second kappa shape index (κ2) is 4.98. The van der Waals surface area contributed by atoms with E-state index in [9.17, 15) is 4.79 Å². The van der Waals surface area contributed by atoms with Crippen molar-refractivity contribution in [1.29, 1.82) is 0 Å². The second-order valence-electron chi connectivity index (χ2n) is 4.79. The summed E-state index contributed by atoms with van der Waals surface area (Å²) in [6.45, 7) is 3.62. The van der Waals surface area contributed by atoms with Crippen LogP contribution in [-0.2, 0) is 16.1 Å². The van der Waals surface area contributed by atoms with Gasteiger partial charge in [-0.15, -0.1) is 0 Å². The molecule has 98 valence electrons. The average molecular weight is 249 g/mol. The molecule has 0 N–H and O–H groups in total. The molecule has 4 heteroatoms. The standard InChI is InChI=1S/C14H19NO3/c1-14(13(16)18-3)8-9-15(14)10-11-4-6-12(17-2)7-5-11/h4-7H,8-10H2,1-3H3. The second-order valence-corrected chi connectivity index (χ2v) is 4.79. The lowest BCUT2D eigenvalue weighted by atomic mass is 9.86. The predicted molar refractivity (Wildman–Crippen MR) is 68.4 cm³/mol. The lowest BCUT2D eigenvalue weighted by Gasteiger charge is -2.48. The van der Waals surface area contributed by atoms with Crippen molar-refractivity contribution in [2.45, 2.75) is 25.4 Å². The van der Waals surface area contributed by atoms with E-state index < -0.39 is 5.54 Å². The molecule has 0 saturated carbocycles. The quantitative estimate of drug-likeness (QED) is 0.763. The highest BCUT2D eigenvalue weighted by Gasteiger charge is 2.47. The number of hydrogen-bond donors (Lipinski definition) is 0. The van der Waals surface area contributed by atoms with Crippen LogP contribution in [0, 0.1) is 0 Å². The Morgan fingerprint density at radius 3 is 2.44 bits per heavy atom. The van der Waals surface area contributed by atoms with Crippen LogP contribution in [0.4, 0.5) is 0 Å². The van der Waals surface area contributed by atoms with E-state index >= 15 is 0 Å². The van der Waals surface area contributed by atoms with Crippen molar-refractivity contribution in [3.8, 4) is 5.75 Å². The summed E-state index contributed by atoms with van der Waals surface area (Å²) in [5.41, 5.74) is 0.708. The zero-order valence-electron chi connectivity index (χ0n) is 11.1. The number of benzene rings is 1. The molecule has 0 radical (unpaired) electrons. The first-order valence-corrected chi connectivity index (χ1v) is 6.06. The number of hydrogen-bond acceptors (Lipinski definition) is 4. The number of esters is 1. The van der Waals surface area contributed by atoms with E-state index in [1.807, 2.05) is 31.2 Å². The summed E-state index contributed by atoms with van der Waals surface area (Å²) < 4.78 is 9.98. The number of ether oxygens (including phenoxy) is 2. The summed E-state index contributed by atoms with van der Waals surface area (Å²) in [4.78, 5) is 13.9. The van der Waals surface area contributed by atoms with Crippen LogP contribution in [-0.4, -0.2) is 37.2 Å². The van der Waals surface area contributed by atoms with Crippen molar-refractivity contribution in [2.24, 2.45) is 0 Å². The van der Waals surface area contributed by atoms with Crippen molar-refractivity contribution in [3.05, 3.63) is 29.8 Å². The number of rotatable bonds is 4. The Hall–Kier alpha value is -1.55. The van der Waals surface area contributed by atoms with Gasteiger partial charge < -0.3 is 9.47 Å². The molecule has 0 amide bonds. The van der Waals surface area contributed by atoms with Gasteiger partial charge in [0, 0.05) is 13.1 Å². The molecule has 2 rings (SSSR count). The molecular formula is C14H19NO3. The van der Waals surface area contributed by atoms with Crippen molar-refractivity contribution in [1.82, 2.24) is 4.90 Å². The number of carbonyl (C=O) groups is 1. The van der Waals surface area contributed by atoms with Gasteiger partial charge >= 0.3 is 5.97 Å². The summed E-state index contributed by atoms with van der Waals surface area (Å²) >= 11 is 0. The van der Waals surface area contributed by atoms with Crippen LogP contribution < -0.4 is 4.74 Å². The first kappa shape index (κ1) is 12.9. The van der Waals surface area contributed by atoms with Crippen LogP contribution in [0.2, 0.25) is 0 Å². The maximum Gasteiger partial charge on any atom is 0.326 e. The van der Waals surface area contributed by atoms with Crippen molar-refractivity contribution >= 4 is 5.97 Å². The molecule has 0 spiro atoms. The van der Waals surface area contributed by atoms with Crippen LogP contribution >= 0.6 is 0 Å². The topological polar surface area (TPSA) is 38.8 Å². The maximum absolute atomic E-state index is 11.7. The summed E-state index contributed by atoms with van der Waals surface area (Å²) in [5.74, 6) is 0.695. The SMILES string of the molecule is COC(=O)C1(C)CCN1Cc1ccc(OC)cc1. The van der Waals surface area contributed by atoms with Crippen LogP contribution in [0.15, 0.2) is 24.3 Å². The van der Waals surface area contributed by atoms with Crippen LogP contribution in [0.3, 0.4) is 0 Å². The number of nitrogens with zero attached hydrogens (tertiary/aromatic N) is 1. The summed E-state index contributed by atoms with van der Waals surface area (Å²) in [7, 11) is 3.09. The van der Waals surface area contributed by atoms with Crippen LogP contribution in [0.5, 0.6) is 5.75 Å². The lowest BCUT2D eigenvalue weighted by molar-refractivity contribution is -0.164. The predicted octanol–water partition coefficient (Wildman–Crippen LogP) is 1.83. The monoisotopic (exact) mass is 249 g/mol. The van der Waals surface area contributed by atoms with Gasteiger partial charge in [-0.25, -0.2) is 0 Å². The van der Waals surface area contributed by atoms with Crippen LogP contribution in [0.1, 0.15) is 18.9 Å². The first-order chi connectivity index (χ1) is 8.60. The third-order valence-corrected chi connectivity index (χ3v) is 3.72. The van der Waals surface area contributed by atoms with Crippen molar-refractivity contribution in [3.63, 3.8) is 0 Å². The molecule has 1 fully saturated rings. The van der Waals surface area contributed by atoms with E-state index in [0.717, 1.165) is 25.3 Å². The Balaban J connectivity index is 2.03. The Morgan fingerprint density at radius 2 is 2.00 bits per heavy atom. The van der Waals surface area contributed by atoms with E-state index in [1.165, 1.54) is 12.7 Å². The summed E-state index contributed by atoms with van der Waals surface area (Å²) in [6.07, 6.45) is 0.857. The molecule has 18 heavy (non-hydrogen) atoms. The third-order valence-electron chi connectivity index (χ3n) is 3.72. The number of likely N-dealkylation sites (tertiary alicyclic amines) is 1. The van der Waals surface area contributed by atoms with E-state index in [1.54, 1.807) is 7.11 Å². The molecular weight excluding hydrogens is 230 g/mol. The Bertz CT molecular complexity index is 429. The Morgan fingerprint density at radius 1 is 1.33 bits per heavy atom. The molecule has 0 aromatic heterocycles. The minimum Gasteiger partial charge on any atom is -0.497 e. The molecule has 0 aliphatic carbocycles. The first-order valence-electron chi connectivity index (χ1n) is 6.06. The van der Waals surface area contributed by atoms with Crippen LogP contribution in [0.25, 0.3) is 0 Å². The fourth-order valence-electron chi connectivity index (χ4n) is 2.26. The molecule has 1 atom stereocenters. The highest BCUT2D eigenvalue weighted by Crippen LogP contribution is 2.33. The molecule has 1 aromatic carbocycles. The fourth-order valence-corrected chi connectivity index (χ4v) is 2.26. The number of methoxy groups -OCH3 is 2. The highest BCUT2D eigenvalue weighted by molar-refractivity contribution is 5.81. The molecule has 4 nitrogen and oxygen atoms in total. The van der Waals surface area contributed by atoms with Gasteiger partial charge in [-0.1, -0.05) is 12.1 Å². The van der Waals surface area contributed by atoms with Gasteiger partial charge in [-0.2, -0.15) is 0 Å². The zero-order valence-corrected chi connectivity index (χ0v) is 11.1. The van der Waals surface area contributed by atoms with Gasteiger partial charge in [0.25, 0.3) is 0 Å². The van der Waals surface area contributed by atoms with Crippen molar-refractivity contribution < 1.29 is 14.3 Å². The minimum atomic E-state index is -0.464. The largest absolute Gasteiger partial charge is 0.497 e. The summed E-state index contributed by atoms with van der Waals surface area (Å²) in [5, 5.41) is 0. The Kier molecular flexibility index (Phi) is 3.57. The normalized spacial score (nSPS) is 23.3. The Labute approximate surface area is 107 Å². The van der Waals surface area contributed by atoms with Gasteiger partial charge in [0.2, 0.25) is 0 Å². The minimum absolute atomic E-state index is 0.151. The zero-order chi connectivity index (χ0) is 13.2. The smallest absolute Gasteiger partial charge is 0.326 e. The molecule has 1 heterocycles. The fraction of sp³-hybridized carbons (Fsp3) is 0.500. The lowest BCUT2D eigenvalue weighted by Crippen LogP contribution is -2.62. The van der Waals surface area contributed by atoms with Gasteiger partial charge in [-0.3, -0.25) is 9.69 Å². The van der Waals surface area contributed by atoms with Gasteiger partial charge in [0.1, 0.15) is 11.3 Å². The van der Waals surface area contributed by atoms with E-state index in [0.29, 0.717) is 0 Å². The molecule has 1 aromatic rings. The number of carbonyl (C=O) groups excluding carboxylic acids is 1. The summed E-state index contributed by atoms with van der Waals surface area (Å²) in [6, 6.07) is 7.92. The van der Waals surface area contributed by atoms with E-state index in [2.05, 4.69) is 4.90 Å². The van der Waals surface area contributed by atoms with E-state index in [-0.39, 0.29) is 5.97 Å². The van der Waals surface area contributed by atoms with Gasteiger partial charge in [0.05, 0.1) is 14.2 Å². The molecule has 1 unspecified atom stereocenters. The molecule has 1 saturated heterocycles. The van der Waals surface area contributed by atoms with Gasteiger partial charge in [-0.05, 0) is 31.0 Å². The molecule has 1 aliphatic heterocycles. The van der Waals surface area contributed by atoms with Gasteiger partial charge in [0.15, 0.2) is 0 Å². The van der Waals surface area contributed by atoms with E-state index in [4.69, 9.17) is 9.47 Å². The maximum atomic E-state index is 11.7. The highest BCUT2D eigenvalue weighted by atomic mass is 16.5. The molecule has 0 bridgehead atoms. The third kappa shape index (κ3) is 2.20.